The number of para-hydroxylation sites is 1. The minimum absolute atomic E-state index is 0. The van der Waals surface area contributed by atoms with Crippen molar-refractivity contribution >= 4 is 27.8 Å². The van der Waals surface area contributed by atoms with Gasteiger partial charge in [-0.2, -0.15) is 0 Å². The number of hydrogen-bond acceptors (Lipinski definition) is 6. The molecule has 1 aliphatic rings. The summed E-state index contributed by atoms with van der Waals surface area (Å²) in [7, 11) is 1.81. The van der Waals surface area contributed by atoms with Gasteiger partial charge in [0.15, 0.2) is 6.23 Å². The Hall–Kier alpha value is -1.53. The zero-order valence-electron chi connectivity index (χ0n) is 13.5. The van der Waals surface area contributed by atoms with Crippen molar-refractivity contribution in [3.63, 3.8) is 0 Å². The number of aryl methyl sites for hydroxylation is 1. The molecule has 0 spiro atoms. The highest BCUT2D eigenvalue weighted by Crippen LogP contribution is 2.38. The highest BCUT2D eigenvalue weighted by molar-refractivity contribution is 6.10. The first-order chi connectivity index (χ1) is 11.5. The van der Waals surface area contributed by atoms with Gasteiger partial charge in [-0.25, -0.2) is 4.57 Å². The molecule has 0 unspecified atom stereocenters. The molecule has 0 saturated carbocycles. The third-order valence-corrected chi connectivity index (χ3v) is 4.65. The molecule has 3 heterocycles. The van der Waals surface area contributed by atoms with Gasteiger partial charge in [-0.05, 0) is 6.07 Å². The van der Waals surface area contributed by atoms with Crippen LogP contribution >= 0.6 is 0 Å². The minimum atomic E-state index is -1.18. The number of rotatable bonds is 2. The smallest absolute Gasteiger partial charge is 0.232 e. The van der Waals surface area contributed by atoms with Gasteiger partial charge in [0, 0.05) is 5.39 Å². The van der Waals surface area contributed by atoms with Crippen molar-refractivity contribution in [3.05, 3.63) is 30.6 Å². The fraction of sp³-hybridized carbons (Fsp3) is 0.375. The Labute approximate surface area is 160 Å². The highest BCUT2D eigenvalue weighted by Gasteiger charge is 2.45. The molecule has 0 amide bonds. The van der Waals surface area contributed by atoms with Crippen molar-refractivity contribution in [1.82, 2.24) is 9.55 Å². The summed E-state index contributed by atoms with van der Waals surface area (Å²) in [6, 6.07) is 7.57. The molecule has 1 saturated heterocycles. The Kier molecular flexibility index (Phi) is 4.86. The van der Waals surface area contributed by atoms with Gasteiger partial charge in [-0.3, -0.25) is 4.57 Å². The molecule has 25 heavy (non-hydrogen) atoms. The van der Waals surface area contributed by atoms with Crippen LogP contribution in [0.2, 0.25) is 0 Å². The van der Waals surface area contributed by atoms with Gasteiger partial charge in [0.05, 0.1) is 19.2 Å². The van der Waals surface area contributed by atoms with Crippen molar-refractivity contribution in [2.75, 3.05) is 12.3 Å². The van der Waals surface area contributed by atoms with Crippen LogP contribution in [0.4, 0.5) is 5.82 Å². The number of halogens is 1. The van der Waals surface area contributed by atoms with Crippen LogP contribution in [0.25, 0.3) is 21.9 Å². The molecule has 4 atom stereocenters. The van der Waals surface area contributed by atoms with Gasteiger partial charge in [-0.15, -0.1) is 0 Å². The van der Waals surface area contributed by atoms with Crippen molar-refractivity contribution in [3.8, 4) is 0 Å². The Balaban J connectivity index is 0.00000182. The largest absolute Gasteiger partial charge is 1.00 e. The standard InChI is InChI=1S/C16H18N4O4.HI/c1-19-7-18-15-11(14(19)17)8-4-2-3-5-9(8)20(15)16-13(23)12(22)10(6-21)24-16;/h2-5,7,10,12-13,16-17,21-23H,6H2,1H3;1H/t10-,12-,13-,16-;/m1./s1. The minimum Gasteiger partial charge on any atom is -1.00 e. The molecule has 3 aromatic rings. The van der Waals surface area contributed by atoms with Crippen LogP contribution in [-0.4, -0.2) is 49.8 Å². The molecule has 2 aromatic heterocycles. The number of nitrogens with two attached hydrogens (primary N) is 1. The average Bonchev–Trinajstić information content (AvgIpc) is 3.07. The Morgan fingerprint density at radius 3 is 2.68 bits per heavy atom. The van der Waals surface area contributed by atoms with Crippen LogP contribution < -0.4 is 34.3 Å². The SMILES string of the molecule is C[n+]1cnc2c(c1N)c1ccccc1n2[C@@H]1O[C@H](CO)[C@@H](O)[C@H]1O.[I-]. The van der Waals surface area contributed by atoms with Crippen LogP contribution in [-0.2, 0) is 11.8 Å². The average molecular weight is 458 g/mol. The highest BCUT2D eigenvalue weighted by atomic mass is 127. The van der Waals surface area contributed by atoms with Gasteiger partial charge in [0.2, 0.25) is 17.8 Å². The topological polar surface area (TPSA) is 118 Å². The third-order valence-electron chi connectivity index (χ3n) is 4.65. The number of aliphatic hydroxyl groups excluding tert-OH is 3. The first-order valence-electron chi connectivity index (χ1n) is 7.69. The van der Waals surface area contributed by atoms with Gasteiger partial charge in [-0.1, -0.05) is 23.2 Å². The maximum absolute atomic E-state index is 10.4. The molecule has 1 aliphatic heterocycles. The second-order valence-corrected chi connectivity index (χ2v) is 6.06. The molecule has 1 aromatic carbocycles. The van der Waals surface area contributed by atoms with E-state index in [1.165, 1.54) is 0 Å². The quantitative estimate of drug-likeness (QED) is 0.231. The third kappa shape index (κ3) is 2.57. The predicted octanol–water partition coefficient (Wildman–Crippen LogP) is -3.79. The summed E-state index contributed by atoms with van der Waals surface area (Å²) < 4.78 is 9.14. The number of nitrogens with zero attached hydrogens (tertiary/aromatic N) is 3. The first-order valence-corrected chi connectivity index (χ1v) is 7.69. The van der Waals surface area contributed by atoms with Gasteiger partial charge < -0.3 is 49.8 Å². The normalized spacial score (nSPS) is 26.2. The molecule has 9 heteroatoms. The van der Waals surface area contributed by atoms with Gasteiger partial charge in [0.25, 0.3) is 0 Å². The van der Waals surface area contributed by atoms with Crippen molar-refractivity contribution in [2.45, 2.75) is 24.5 Å². The van der Waals surface area contributed by atoms with Crippen LogP contribution in [0.15, 0.2) is 30.6 Å². The number of nitrogen functional groups attached to an aromatic ring is 1. The Morgan fingerprint density at radius 2 is 2.00 bits per heavy atom. The zero-order valence-corrected chi connectivity index (χ0v) is 15.6. The van der Waals surface area contributed by atoms with E-state index in [4.69, 9.17) is 10.5 Å². The molecule has 0 radical (unpaired) electrons. The van der Waals surface area contributed by atoms with Crippen LogP contribution in [0.3, 0.4) is 0 Å². The lowest BCUT2D eigenvalue weighted by atomic mass is 10.1. The number of aliphatic hydroxyl groups is 3. The van der Waals surface area contributed by atoms with Crippen molar-refractivity contribution < 1.29 is 48.6 Å². The summed E-state index contributed by atoms with van der Waals surface area (Å²) in [6.07, 6.45) is -2.47. The number of ether oxygens (including phenoxy) is 1. The lowest BCUT2D eigenvalue weighted by Crippen LogP contribution is -3.00. The predicted molar refractivity (Wildman–Crippen MR) is 85.8 cm³/mol. The number of benzene rings is 1. The number of anilines is 1. The van der Waals surface area contributed by atoms with E-state index in [1.807, 2.05) is 24.3 Å². The van der Waals surface area contributed by atoms with Gasteiger partial charge >= 0.3 is 0 Å². The van der Waals surface area contributed by atoms with E-state index in [1.54, 1.807) is 22.5 Å². The van der Waals surface area contributed by atoms with Crippen LogP contribution in [0.1, 0.15) is 6.23 Å². The van der Waals surface area contributed by atoms with E-state index in [0.717, 1.165) is 16.3 Å². The molecule has 134 valence electrons. The van der Waals surface area contributed by atoms with Crippen molar-refractivity contribution in [1.29, 1.82) is 0 Å². The fourth-order valence-electron chi connectivity index (χ4n) is 3.36. The molecular weight excluding hydrogens is 439 g/mol. The van der Waals surface area contributed by atoms with Gasteiger partial charge in [0.1, 0.15) is 23.7 Å². The number of aromatic nitrogens is 3. The van der Waals surface area contributed by atoms with Crippen LogP contribution in [0, 0.1) is 0 Å². The summed E-state index contributed by atoms with van der Waals surface area (Å²) in [5.74, 6) is 0.543. The maximum Gasteiger partial charge on any atom is 0.232 e. The number of fused-ring (bicyclic) bond motifs is 3. The lowest BCUT2D eigenvalue weighted by molar-refractivity contribution is -0.658. The lowest BCUT2D eigenvalue weighted by Gasteiger charge is -2.17. The molecule has 8 nitrogen and oxygen atoms in total. The zero-order chi connectivity index (χ0) is 17.0. The molecule has 4 rings (SSSR count). The van der Waals surface area contributed by atoms with E-state index in [-0.39, 0.29) is 30.6 Å². The second-order valence-electron chi connectivity index (χ2n) is 6.06. The molecule has 5 N–H and O–H groups in total. The first kappa shape index (κ1) is 18.3. The summed E-state index contributed by atoms with van der Waals surface area (Å²) >= 11 is 0. The van der Waals surface area contributed by atoms with E-state index < -0.39 is 24.5 Å². The molecule has 0 bridgehead atoms. The van der Waals surface area contributed by atoms with E-state index in [9.17, 15) is 15.3 Å². The molecular formula is C16H19IN4O4. The monoisotopic (exact) mass is 458 g/mol. The Morgan fingerprint density at radius 1 is 1.28 bits per heavy atom. The van der Waals surface area contributed by atoms with E-state index in [0.29, 0.717) is 11.5 Å². The molecule has 1 fully saturated rings. The van der Waals surface area contributed by atoms with Crippen LogP contribution in [0.5, 0.6) is 0 Å². The summed E-state index contributed by atoms with van der Waals surface area (Å²) in [6.45, 7) is -0.379. The molecule has 0 aliphatic carbocycles. The second kappa shape index (κ2) is 6.65. The van der Waals surface area contributed by atoms with Crippen molar-refractivity contribution in [2.24, 2.45) is 7.05 Å². The summed E-state index contributed by atoms with van der Waals surface area (Å²) in [5.41, 5.74) is 7.57. The summed E-state index contributed by atoms with van der Waals surface area (Å²) in [4.78, 5) is 4.44. The Bertz CT molecular complexity index is 931. The van der Waals surface area contributed by atoms with E-state index >= 15 is 0 Å². The number of hydrogen-bond donors (Lipinski definition) is 4. The van der Waals surface area contributed by atoms with E-state index in [2.05, 4.69) is 4.98 Å². The summed E-state index contributed by atoms with van der Waals surface area (Å²) in [5, 5.41) is 31.4. The maximum atomic E-state index is 10.4. The fourth-order valence-corrected chi connectivity index (χ4v) is 3.36.